The molecular formula is C17H18F2N4O. The molecule has 3 aromatic rings. The number of hydrogen-bond donors (Lipinski definition) is 3. The number of rotatable bonds is 5. The van der Waals surface area contributed by atoms with Crippen molar-refractivity contribution < 1.29 is 13.9 Å². The molecule has 0 fully saturated rings. The van der Waals surface area contributed by atoms with E-state index in [2.05, 4.69) is 20.3 Å². The van der Waals surface area contributed by atoms with E-state index in [9.17, 15) is 13.9 Å². The summed E-state index contributed by atoms with van der Waals surface area (Å²) < 4.78 is 26.8. The summed E-state index contributed by atoms with van der Waals surface area (Å²) in [6.45, 7) is 3.34. The predicted octanol–water partition coefficient (Wildman–Crippen LogP) is 3.75. The minimum atomic E-state index is -2.72. The summed E-state index contributed by atoms with van der Waals surface area (Å²) in [6.07, 6.45) is 0.640. The quantitative estimate of drug-likeness (QED) is 0.665. The fourth-order valence-corrected chi connectivity index (χ4v) is 2.42. The van der Waals surface area contributed by atoms with Crippen LogP contribution in [0.5, 0.6) is 0 Å². The highest BCUT2D eigenvalue weighted by molar-refractivity contribution is 5.92. The number of nitrogens with one attached hydrogen (secondary N) is 2. The van der Waals surface area contributed by atoms with Gasteiger partial charge in [-0.05, 0) is 38.1 Å². The first kappa shape index (κ1) is 16.3. The molecule has 0 aromatic carbocycles. The molecular weight excluding hydrogens is 314 g/mol. The van der Waals surface area contributed by atoms with Gasteiger partial charge in [0.05, 0.1) is 17.0 Å². The van der Waals surface area contributed by atoms with Gasteiger partial charge in [-0.15, -0.1) is 0 Å². The van der Waals surface area contributed by atoms with Crippen LogP contribution >= 0.6 is 0 Å². The summed E-state index contributed by atoms with van der Waals surface area (Å²) in [6, 6.07) is 6.88. The Labute approximate surface area is 137 Å². The molecule has 3 N–H and O–H groups in total. The first-order valence-electron chi connectivity index (χ1n) is 7.53. The Balaban J connectivity index is 2.00. The van der Waals surface area contributed by atoms with Crippen LogP contribution in [0.1, 0.15) is 26.0 Å². The van der Waals surface area contributed by atoms with Crippen LogP contribution in [0.25, 0.3) is 22.3 Å². The minimum absolute atomic E-state index is 0.144. The Morgan fingerprint density at radius 2 is 2.08 bits per heavy atom. The molecule has 0 bridgehead atoms. The maximum Gasteiger partial charge on any atom is 0.282 e. The van der Waals surface area contributed by atoms with Crippen molar-refractivity contribution in [3.8, 4) is 11.3 Å². The van der Waals surface area contributed by atoms with Crippen molar-refractivity contribution in [2.75, 3.05) is 11.9 Å². The van der Waals surface area contributed by atoms with E-state index in [1.807, 2.05) is 6.07 Å². The van der Waals surface area contributed by atoms with Gasteiger partial charge in [0, 0.05) is 29.9 Å². The van der Waals surface area contributed by atoms with Gasteiger partial charge in [0.15, 0.2) is 0 Å². The number of pyridine rings is 2. The Hall–Kier alpha value is -2.54. The molecule has 0 atom stereocenters. The average Bonchev–Trinajstić information content (AvgIpc) is 2.96. The summed E-state index contributed by atoms with van der Waals surface area (Å²) in [4.78, 5) is 11.3. The second kappa shape index (κ2) is 6.16. The van der Waals surface area contributed by atoms with Gasteiger partial charge in [0.2, 0.25) is 0 Å². The molecule has 126 valence electrons. The van der Waals surface area contributed by atoms with Crippen LogP contribution in [-0.4, -0.2) is 32.2 Å². The van der Waals surface area contributed by atoms with Gasteiger partial charge in [0.25, 0.3) is 6.43 Å². The Morgan fingerprint density at radius 3 is 2.79 bits per heavy atom. The number of aliphatic hydroxyl groups is 1. The van der Waals surface area contributed by atoms with Gasteiger partial charge in [-0.2, -0.15) is 0 Å². The second-order valence-corrected chi connectivity index (χ2v) is 6.20. The number of hydrogen-bond acceptors (Lipinski definition) is 4. The molecule has 0 radical (unpaired) electrons. The van der Waals surface area contributed by atoms with Crippen molar-refractivity contribution in [3.63, 3.8) is 0 Å². The van der Waals surface area contributed by atoms with Gasteiger partial charge in [-0.3, -0.25) is 0 Å². The maximum absolute atomic E-state index is 13.4. The number of H-pyrrole nitrogens is 1. The van der Waals surface area contributed by atoms with Crippen molar-refractivity contribution in [3.05, 3.63) is 42.4 Å². The summed E-state index contributed by atoms with van der Waals surface area (Å²) in [7, 11) is 0. The monoisotopic (exact) mass is 332 g/mol. The lowest BCUT2D eigenvalue weighted by molar-refractivity contribution is 0.0942. The largest absolute Gasteiger partial charge is 0.389 e. The molecule has 24 heavy (non-hydrogen) atoms. The summed E-state index contributed by atoms with van der Waals surface area (Å²) in [5.74, 6) is 0. The predicted molar refractivity (Wildman–Crippen MR) is 89.1 cm³/mol. The molecule has 0 spiro atoms. The standard InChI is InChI=1S/C17H18F2N4O/c1-17(2,24)9-22-13-6-5-12(23-14(13)15(18)19)11-8-21-16-10(11)4-3-7-20-16/h3-8,15,22,24H,9H2,1-2H3,(H,20,21). The lowest BCUT2D eigenvalue weighted by atomic mass is 10.1. The molecule has 0 saturated carbocycles. The Bertz CT molecular complexity index is 855. The number of halogens is 2. The molecule has 0 aliphatic heterocycles. The van der Waals surface area contributed by atoms with Gasteiger partial charge in [0.1, 0.15) is 11.3 Å². The third kappa shape index (κ3) is 3.35. The SMILES string of the molecule is CC(C)(O)CNc1ccc(-c2c[nH]c3ncccc23)nc1C(F)F. The van der Waals surface area contributed by atoms with Crippen LogP contribution in [0.3, 0.4) is 0 Å². The number of aromatic amines is 1. The van der Waals surface area contributed by atoms with Gasteiger partial charge < -0.3 is 15.4 Å². The molecule has 0 aliphatic carbocycles. The zero-order valence-electron chi connectivity index (χ0n) is 13.3. The van der Waals surface area contributed by atoms with Crippen LogP contribution in [0.2, 0.25) is 0 Å². The van der Waals surface area contributed by atoms with E-state index in [0.717, 1.165) is 5.39 Å². The average molecular weight is 332 g/mol. The zero-order chi connectivity index (χ0) is 17.3. The zero-order valence-corrected chi connectivity index (χ0v) is 13.3. The van der Waals surface area contributed by atoms with Gasteiger partial charge in [-0.1, -0.05) is 0 Å². The van der Waals surface area contributed by atoms with Gasteiger partial charge >= 0.3 is 0 Å². The fraction of sp³-hybridized carbons (Fsp3) is 0.294. The first-order valence-corrected chi connectivity index (χ1v) is 7.53. The van der Waals surface area contributed by atoms with Crippen LogP contribution in [0, 0.1) is 0 Å². The molecule has 5 nitrogen and oxygen atoms in total. The molecule has 0 saturated heterocycles. The summed E-state index contributed by atoms with van der Waals surface area (Å²) in [5.41, 5.74) is 0.703. The summed E-state index contributed by atoms with van der Waals surface area (Å²) >= 11 is 0. The van der Waals surface area contributed by atoms with E-state index >= 15 is 0 Å². The highest BCUT2D eigenvalue weighted by atomic mass is 19.3. The van der Waals surface area contributed by atoms with E-state index in [4.69, 9.17) is 0 Å². The van der Waals surface area contributed by atoms with E-state index in [1.54, 1.807) is 44.4 Å². The van der Waals surface area contributed by atoms with Crippen LogP contribution in [0.15, 0.2) is 36.7 Å². The molecule has 3 aromatic heterocycles. The Morgan fingerprint density at radius 1 is 1.29 bits per heavy atom. The molecule has 0 unspecified atom stereocenters. The molecule has 0 amide bonds. The third-order valence-electron chi connectivity index (χ3n) is 3.57. The van der Waals surface area contributed by atoms with E-state index in [1.165, 1.54) is 0 Å². The van der Waals surface area contributed by atoms with Crippen molar-refractivity contribution >= 4 is 16.7 Å². The number of alkyl halides is 2. The topological polar surface area (TPSA) is 73.8 Å². The van der Waals surface area contributed by atoms with Crippen LogP contribution < -0.4 is 5.32 Å². The van der Waals surface area contributed by atoms with E-state index in [0.29, 0.717) is 16.9 Å². The Kier molecular flexibility index (Phi) is 4.19. The minimum Gasteiger partial charge on any atom is -0.389 e. The number of fused-ring (bicyclic) bond motifs is 1. The van der Waals surface area contributed by atoms with E-state index in [-0.39, 0.29) is 17.9 Å². The lowest BCUT2D eigenvalue weighted by Gasteiger charge is -2.20. The highest BCUT2D eigenvalue weighted by Gasteiger charge is 2.20. The van der Waals surface area contributed by atoms with Crippen LogP contribution in [0.4, 0.5) is 14.5 Å². The third-order valence-corrected chi connectivity index (χ3v) is 3.57. The van der Waals surface area contributed by atoms with Crippen molar-refractivity contribution in [1.82, 2.24) is 15.0 Å². The van der Waals surface area contributed by atoms with Crippen LogP contribution in [-0.2, 0) is 0 Å². The number of nitrogens with zero attached hydrogens (tertiary/aromatic N) is 2. The van der Waals surface area contributed by atoms with Crippen molar-refractivity contribution in [1.29, 1.82) is 0 Å². The van der Waals surface area contributed by atoms with Crippen molar-refractivity contribution in [2.45, 2.75) is 25.9 Å². The van der Waals surface area contributed by atoms with Gasteiger partial charge in [-0.25, -0.2) is 18.7 Å². The second-order valence-electron chi connectivity index (χ2n) is 6.20. The highest BCUT2D eigenvalue weighted by Crippen LogP contribution is 2.31. The normalized spacial score (nSPS) is 12.1. The summed E-state index contributed by atoms with van der Waals surface area (Å²) in [5, 5.41) is 13.4. The van der Waals surface area contributed by atoms with E-state index < -0.39 is 12.0 Å². The fourth-order valence-electron chi connectivity index (χ4n) is 2.42. The number of aromatic nitrogens is 3. The smallest absolute Gasteiger partial charge is 0.282 e. The molecule has 0 aliphatic rings. The lowest BCUT2D eigenvalue weighted by Crippen LogP contribution is -2.29. The number of anilines is 1. The van der Waals surface area contributed by atoms with Crippen molar-refractivity contribution in [2.24, 2.45) is 0 Å². The first-order chi connectivity index (χ1) is 11.3. The maximum atomic E-state index is 13.4. The molecule has 3 heterocycles. The molecule has 7 heteroatoms. The molecule has 3 rings (SSSR count).